The molecular weight excluding hydrogens is 406 g/mol. The number of nitrogens with one attached hydrogen (secondary N) is 2. The van der Waals surface area contributed by atoms with E-state index in [1.54, 1.807) is 0 Å². The van der Waals surface area contributed by atoms with Crippen molar-refractivity contribution in [1.29, 1.82) is 0 Å². The highest BCUT2D eigenvalue weighted by atomic mass is 35.5. The van der Waals surface area contributed by atoms with E-state index in [0.29, 0.717) is 11.3 Å². The lowest BCUT2D eigenvalue weighted by Gasteiger charge is -2.24. The molecule has 0 radical (unpaired) electrons. The second-order valence-electron chi connectivity index (χ2n) is 7.23. The van der Waals surface area contributed by atoms with Crippen LogP contribution in [-0.4, -0.2) is 43.2 Å². The smallest absolute Gasteiger partial charge is 0.252 e. The zero-order valence-corrected chi connectivity index (χ0v) is 17.9. The van der Waals surface area contributed by atoms with Crippen LogP contribution in [0.25, 0.3) is 0 Å². The molecular formula is C22H26ClN3O2S. The van der Waals surface area contributed by atoms with E-state index in [9.17, 15) is 9.59 Å². The van der Waals surface area contributed by atoms with E-state index in [-0.39, 0.29) is 30.3 Å². The van der Waals surface area contributed by atoms with Gasteiger partial charge < -0.3 is 15.5 Å². The number of amides is 2. The SMILES string of the molecule is Cl.O=C(N[C@H]1CCCNC1)c1ccccc1SCC(=O)N1CCc2ccccc21. The summed E-state index contributed by atoms with van der Waals surface area (Å²) in [5.41, 5.74) is 2.89. The molecule has 2 N–H and O–H groups in total. The Morgan fingerprint density at radius 2 is 1.93 bits per heavy atom. The molecule has 2 aromatic carbocycles. The summed E-state index contributed by atoms with van der Waals surface area (Å²) in [5, 5.41) is 6.44. The van der Waals surface area contributed by atoms with Crippen molar-refractivity contribution in [1.82, 2.24) is 10.6 Å². The number of hydrogen-bond donors (Lipinski definition) is 2. The number of para-hydroxylation sites is 1. The molecule has 4 rings (SSSR count). The number of fused-ring (bicyclic) bond motifs is 1. The number of hydrogen-bond acceptors (Lipinski definition) is 4. The third kappa shape index (κ3) is 5.13. The Labute approximate surface area is 182 Å². The molecule has 154 valence electrons. The van der Waals surface area contributed by atoms with Gasteiger partial charge in [0.1, 0.15) is 0 Å². The Morgan fingerprint density at radius 3 is 2.76 bits per heavy atom. The summed E-state index contributed by atoms with van der Waals surface area (Å²) < 4.78 is 0. The number of halogens is 1. The van der Waals surface area contributed by atoms with Gasteiger partial charge in [0.25, 0.3) is 5.91 Å². The molecule has 2 aromatic rings. The molecule has 7 heteroatoms. The van der Waals surface area contributed by atoms with Crippen molar-refractivity contribution in [2.45, 2.75) is 30.2 Å². The highest BCUT2D eigenvalue weighted by Gasteiger charge is 2.25. The number of benzene rings is 2. The fourth-order valence-electron chi connectivity index (χ4n) is 3.83. The standard InChI is InChI=1S/C22H25N3O2S.ClH/c26-21(25-13-11-16-6-1-3-9-19(16)25)15-28-20-10-4-2-8-18(20)22(27)24-17-7-5-12-23-14-17;/h1-4,6,8-10,17,23H,5,7,11-15H2,(H,24,27);1H/t17-;/m0./s1. The van der Waals surface area contributed by atoms with Crippen LogP contribution in [0, 0.1) is 0 Å². The van der Waals surface area contributed by atoms with Crippen LogP contribution in [-0.2, 0) is 11.2 Å². The Bertz CT molecular complexity index is 871. The topological polar surface area (TPSA) is 61.4 Å². The molecule has 0 spiro atoms. The van der Waals surface area contributed by atoms with Gasteiger partial charge in [0.2, 0.25) is 5.91 Å². The second-order valence-corrected chi connectivity index (χ2v) is 8.24. The first kappa shape index (κ1) is 21.7. The molecule has 29 heavy (non-hydrogen) atoms. The van der Waals surface area contributed by atoms with Crippen molar-refractivity contribution >= 4 is 41.7 Å². The van der Waals surface area contributed by atoms with E-state index in [0.717, 1.165) is 49.5 Å². The molecule has 0 saturated carbocycles. The van der Waals surface area contributed by atoms with Gasteiger partial charge in [-0.25, -0.2) is 0 Å². The fraction of sp³-hybridized carbons (Fsp3) is 0.364. The first-order chi connectivity index (χ1) is 13.7. The number of thioether (sulfide) groups is 1. The monoisotopic (exact) mass is 431 g/mol. The molecule has 0 aromatic heterocycles. The van der Waals surface area contributed by atoms with Gasteiger partial charge in [-0.1, -0.05) is 30.3 Å². The summed E-state index contributed by atoms with van der Waals surface area (Å²) in [6.45, 7) is 2.56. The maximum atomic E-state index is 12.8. The normalized spacial score (nSPS) is 17.9. The van der Waals surface area contributed by atoms with Crippen molar-refractivity contribution in [3.63, 3.8) is 0 Å². The highest BCUT2D eigenvalue weighted by Crippen LogP contribution is 2.29. The summed E-state index contributed by atoms with van der Waals surface area (Å²) in [7, 11) is 0. The van der Waals surface area contributed by atoms with Gasteiger partial charge in [-0.2, -0.15) is 0 Å². The molecule has 1 fully saturated rings. The van der Waals surface area contributed by atoms with Gasteiger partial charge in [0.05, 0.1) is 11.3 Å². The van der Waals surface area contributed by atoms with Gasteiger partial charge in [-0.05, 0) is 49.6 Å². The van der Waals surface area contributed by atoms with Crippen LogP contribution in [0.5, 0.6) is 0 Å². The molecule has 2 heterocycles. The molecule has 2 aliphatic heterocycles. The van der Waals surface area contributed by atoms with E-state index in [4.69, 9.17) is 0 Å². The zero-order chi connectivity index (χ0) is 19.3. The minimum atomic E-state index is -0.0595. The average molecular weight is 432 g/mol. The molecule has 0 aliphatic carbocycles. The van der Waals surface area contributed by atoms with E-state index in [1.165, 1.54) is 17.3 Å². The fourth-order valence-corrected chi connectivity index (χ4v) is 4.76. The third-order valence-corrected chi connectivity index (χ3v) is 6.36. The summed E-state index contributed by atoms with van der Waals surface area (Å²) in [5.74, 6) is 0.348. The van der Waals surface area contributed by atoms with Gasteiger partial charge in [-0.3, -0.25) is 9.59 Å². The Balaban J connectivity index is 0.00000240. The lowest BCUT2D eigenvalue weighted by Crippen LogP contribution is -2.45. The number of rotatable bonds is 5. The van der Waals surface area contributed by atoms with Crippen LogP contribution >= 0.6 is 24.2 Å². The number of anilines is 1. The summed E-state index contributed by atoms with van der Waals surface area (Å²) in [6.07, 6.45) is 2.98. The van der Waals surface area contributed by atoms with Crippen molar-refractivity contribution in [2.75, 3.05) is 30.3 Å². The number of carbonyl (C=O) groups is 2. The number of nitrogens with zero attached hydrogens (tertiary/aromatic N) is 1. The van der Waals surface area contributed by atoms with Crippen molar-refractivity contribution in [3.8, 4) is 0 Å². The van der Waals surface area contributed by atoms with E-state index in [1.807, 2.05) is 47.4 Å². The zero-order valence-electron chi connectivity index (χ0n) is 16.2. The van der Waals surface area contributed by atoms with Gasteiger partial charge in [-0.15, -0.1) is 24.2 Å². The minimum absolute atomic E-state index is 0. The lowest BCUT2D eigenvalue weighted by atomic mass is 10.1. The summed E-state index contributed by atoms with van der Waals surface area (Å²) >= 11 is 1.44. The second kappa shape index (κ2) is 10.1. The predicted octanol–water partition coefficient (Wildman–Crippen LogP) is 3.27. The molecule has 2 aliphatic rings. The van der Waals surface area contributed by atoms with Crippen LogP contribution in [0.2, 0.25) is 0 Å². The van der Waals surface area contributed by atoms with Crippen molar-refractivity contribution in [2.24, 2.45) is 0 Å². The minimum Gasteiger partial charge on any atom is -0.348 e. The van der Waals surface area contributed by atoms with Crippen molar-refractivity contribution in [3.05, 3.63) is 59.7 Å². The van der Waals surface area contributed by atoms with Crippen LogP contribution < -0.4 is 15.5 Å². The maximum Gasteiger partial charge on any atom is 0.252 e. The van der Waals surface area contributed by atoms with Crippen LogP contribution in [0.1, 0.15) is 28.8 Å². The molecule has 0 bridgehead atoms. The van der Waals surface area contributed by atoms with E-state index < -0.39 is 0 Å². The van der Waals surface area contributed by atoms with Crippen LogP contribution in [0.4, 0.5) is 5.69 Å². The molecule has 0 unspecified atom stereocenters. The van der Waals surface area contributed by atoms with Crippen LogP contribution in [0.3, 0.4) is 0 Å². The molecule has 1 saturated heterocycles. The highest BCUT2D eigenvalue weighted by molar-refractivity contribution is 8.00. The maximum absolute atomic E-state index is 12.8. The van der Waals surface area contributed by atoms with Gasteiger partial charge in [0.15, 0.2) is 0 Å². The summed E-state index contributed by atoms with van der Waals surface area (Å²) in [4.78, 5) is 28.2. The van der Waals surface area contributed by atoms with E-state index >= 15 is 0 Å². The van der Waals surface area contributed by atoms with Gasteiger partial charge in [0, 0.05) is 29.7 Å². The Hall–Kier alpha value is -2.02. The molecule has 1 atom stereocenters. The lowest BCUT2D eigenvalue weighted by molar-refractivity contribution is -0.116. The molecule has 5 nitrogen and oxygen atoms in total. The quantitative estimate of drug-likeness (QED) is 0.713. The molecule has 2 amide bonds. The first-order valence-electron chi connectivity index (χ1n) is 9.84. The van der Waals surface area contributed by atoms with E-state index in [2.05, 4.69) is 16.7 Å². The number of carbonyl (C=O) groups excluding carboxylic acids is 2. The first-order valence-corrected chi connectivity index (χ1v) is 10.8. The predicted molar refractivity (Wildman–Crippen MR) is 120 cm³/mol. The third-order valence-electron chi connectivity index (χ3n) is 5.30. The average Bonchev–Trinajstić information content (AvgIpc) is 3.17. The van der Waals surface area contributed by atoms with Gasteiger partial charge >= 0.3 is 0 Å². The Kier molecular flexibility index (Phi) is 7.58. The largest absolute Gasteiger partial charge is 0.348 e. The van der Waals surface area contributed by atoms with Crippen LogP contribution in [0.15, 0.2) is 53.4 Å². The summed E-state index contributed by atoms with van der Waals surface area (Å²) in [6, 6.07) is 15.8. The number of piperidine rings is 1. The van der Waals surface area contributed by atoms with Crippen molar-refractivity contribution < 1.29 is 9.59 Å². The Morgan fingerprint density at radius 1 is 1.14 bits per heavy atom.